The summed E-state index contributed by atoms with van der Waals surface area (Å²) < 4.78 is 0. The van der Waals surface area contributed by atoms with Crippen LogP contribution in [0.4, 0.5) is 17.1 Å². The van der Waals surface area contributed by atoms with Crippen LogP contribution in [0.3, 0.4) is 0 Å². The maximum Gasteiger partial charge on any atom is 0.144 e. The molecule has 0 aliphatic heterocycles. The number of rotatable bonds is 5. The van der Waals surface area contributed by atoms with Gasteiger partial charge in [0.2, 0.25) is 0 Å². The summed E-state index contributed by atoms with van der Waals surface area (Å²) in [6, 6.07) is 52.2. The van der Waals surface area contributed by atoms with Gasteiger partial charge in [-0.05, 0) is 78.6 Å². The normalized spacial score (nSPS) is 15.1. The predicted molar refractivity (Wildman–Crippen MR) is 185 cm³/mol. The van der Waals surface area contributed by atoms with Crippen LogP contribution in [0.2, 0.25) is 0 Å². The van der Waals surface area contributed by atoms with Gasteiger partial charge in [0.15, 0.2) is 0 Å². The van der Waals surface area contributed by atoms with Gasteiger partial charge in [-0.15, -0.1) is 0 Å². The van der Waals surface area contributed by atoms with Crippen LogP contribution in [0.25, 0.3) is 33.3 Å². The zero-order chi connectivity index (χ0) is 30.5. The summed E-state index contributed by atoms with van der Waals surface area (Å²) in [5.74, 6) is 0. The second kappa shape index (κ2) is 10.6. The third-order valence-electron chi connectivity index (χ3n) is 8.96. The second-order valence-corrected chi connectivity index (χ2v) is 11.9. The van der Waals surface area contributed by atoms with Gasteiger partial charge in [-0.2, -0.15) is 0 Å². The molecular weight excluding hydrogens is 548 g/mol. The molecule has 3 nitrogen and oxygen atoms in total. The molecule has 1 N–H and O–H groups in total. The smallest absolute Gasteiger partial charge is 0.144 e. The van der Waals surface area contributed by atoms with Gasteiger partial charge in [0.05, 0.1) is 16.9 Å². The van der Waals surface area contributed by atoms with Crippen molar-refractivity contribution in [3.05, 3.63) is 179 Å². The average molecular weight is 581 g/mol. The average Bonchev–Trinajstić information content (AvgIpc) is 3.34. The van der Waals surface area contributed by atoms with E-state index in [0.717, 1.165) is 67.0 Å². The highest BCUT2D eigenvalue weighted by molar-refractivity contribution is 5.93. The lowest BCUT2D eigenvalue weighted by Gasteiger charge is -2.34. The van der Waals surface area contributed by atoms with Crippen LogP contribution in [-0.4, -0.2) is 10.1 Å². The number of fused-ring (bicyclic) bond motifs is 4. The summed E-state index contributed by atoms with van der Waals surface area (Å²) in [6.07, 6.45) is 0. The van der Waals surface area contributed by atoms with Gasteiger partial charge in [0.1, 0.15) is 5.60 Å². The van der Waals surface area contributed by atoms with Crippen LogP contribution in [0.5, 0.6) is 0 Å². The SMILES string of the molecule is Cc1cccc(N(c2cccc(C)c2)c2cccc3c2C(O)(c2ccccc2-c2ccc4ccccc4n2)c2ccccc2-3)c1. The Kier molecular flexibility index (Phi) is 6.37. The van der Waals surface area contributed by atoms with Crippen molar-refractivity contribution in [2.45, 2.75) is 19.4 Å². The molecule has 1 unspecified atom stereocenters. The van der Waals surface area contributed by atoms with E-state index >= 15 is 0 Å². The monoisotopic (exact) mass is 580 g/mol. The molecule has 0 saturated heterocycles. The fourth-order valence-electron chi connectivity index (χ4n) is 6.98. The van der Waals surface area contributed by atoms with E-state index in [2.05, 4.69) is 134 Å². The number of para-hydroxylation sites is 1. The van der Waals surface area contributed by atoms with Crippen molar-refractivity contribution in [3.63, 3.8) is 0 Å². The third kappa shape index (κ3) is 4.35. The topological polar surface area (TPSA) is 36.4 Å². The highest BCUT2D eigenvalue weighted by Gasteiger charge is 2.47. The number of hydrogen-bond acceptors (Lipinski definition) is 3. The molecule has 7 aromatic rings. The standard InChI is InChI=1S/C42H32N2O/c1-28-12-9-15-31(26-28)44(32-16-10-13-29(2)27-32)40-23-11-19-34-33-17-4-6-20-36(33)42(45,41(34)40)37-21-7-5-18-35(37)39-25-24-30-14-3-8-22-38(30)43-39/h3-27,45H,1-2H3. The fraction of sp³-hybridized carbons (Fsp3) is 0.0714. The summed E-state index contributed by atoms with van der Waals surface area (Å²) in [4.78, 5) is 7.36. The van der Waals surface area contributed by atoms with Crippen LogP contribution >= 0.6 is 0 Å². The van der Waals surface area contributed by atoms with Crippen molar-refractivity contribution in [2.75, 3.05) is 4.90 Å². The molecule has 45 heavy (non-hydrogen) atoms. The molecule has 3 heteroatoms. The largest absolute Gasteiger partial charge is 0.376 e. The van der Waals surface area contributed by atoms with Crippen LogP contribution in [0, 0.1) is 13.8 Å². The Hall–Kier alpha value is -5.51. The van der Waals surface area contributed by atoms with E-state index in [4.69, 9.17) is 4.98 Å². The highest BCUT2D eigenvalue weighted by atomic mass is 16.3. The number of aryl methyl sites for hydroxylation is 2. The Morgan fingerprint density at radius 1 is 0.533 bits per heavy atom. The van der Waals surface area contributed by atoms with Crippen LogP contribution in [0.15, 0.2) is 152 Å². The Balaban J connectivity index is 1.43. The number of nitrogens with zero attached hydrogens (tertiary/aromatic N) is 2. The lowest BCUT2D eigenvalue weighted by molar-refractivity contribution is 0.132. The second-order valence-electron chi connectivity index (χ2n) is 11.9. The van der Waals surface area contributed by atoms with Crippen molar-refractivity contribution in [3.8, 4) is 22.4 Å². The zero-order valence-corrected chi connectivity index (χ0v) is 25.3. The minimum absolute atomic E-state index is 0.805. The first-order valence-corrected chi connectivity index (χ1v) is 15.4. The summed E-state index contributed by atoms with van der Waals surface area (Å²) in [7, 11) is 0. The number of pyridine rings is 1. The molecule has 1 aliphatic carbocycles. The lowest BCUT2D eigenvalue weighted by atomic mass is 9.80. The molecule has 0 saturated carbocycles. The van der Waals surface area contributed by atoms with Crippen molar-refractivity contribution in [1.29, 1.82) is 0 Å². The van der Waals surface area contributed by atoms with Crippen molar-refractivity contribution >= 4 is 28.0 Å². The minimum Gasteiger partial charge on any atom is -0.376 e. The van der Waals surface area contributed by atoms with E-state index in [-0.39, 0.29) is 0 Å². The Labute approximate surface area is 263 Å². The predicted octanol–water partition coefficient (Wildman–Crippen LogP) is 10.3. The molecule has 6 aromatic carbocycles. The summed E-state index contributed by atoms with van der Waals surface area (Å²) in [5, 5.41) is 14.6. The Bertz CT molecular complexity index is 2190. The molecule has 1 aliphatic rings. The number of aromatic nitrogens is 1. The number of anilines is 3. The van der Waals surface area contributed by atoms with E-state index in [1.807, 2.05) is 36.4 Å². The van der Waals surface area contributed by atoms with Crippen molar-refractivity contribution < 1.29 is 5.11 Å². The Morgan fingerprint density at radius 2 is 1.11 bits per heavy atom. The van der Waals surface area contributed by atoms with Gasteiger partial charge in [-0.1, -0.05) is 109 Å². The Morgan fingerprint density at radius 3 is 1.82 bits per heavy atom. The van der Waals surface area contributed by atoms with Crippen molar-refractivity contribution in [2.24, 2.45) is 0 Å². The van der Waals surface area contributed by atoms with E-state index in [1.54, 1.807) is 0 Å². The molecule has 0 fully saturated rings. The van der Waals surface area contributed by atoms with E-state index in [1.165, 1.54) is 11.1 Å². The molecule has 0 spiro atoms. The quantitative estimate of drug-likeness (QED) is 0.220. The van der Waals surface area contributed by atoms with Gasteiger partial charge in [0.25, 0.3) is 0 Å². The number of benzene rings is 6. The maximum atomic E-state index is 13.5. The van der Waals surface area contributed by atoms with Crippen LogP contribution in [-0.2, 0) is 5.60 Å². The molecule has 1 atom stereocenters. The molecule has 216 valence electrons. The zero-order valence-electron chi connectivity index (χ0n) is 25.3. The third-order valence-corrected chi connectivity index (χ3v) is 8.96. The molecule has 0 bridgehead atoms. The van der Waals surface area contributed by atoms with Gasteiger partial charge in [-0.3, -0.25) is 0 Å². The maximum absolute atomic E-state index is 13.5. The molecule has 0 amide bonds. The van der Waals surface area contributed by atoms with E-state index in [9.17, 15) is 5.11 Å². The first-order valence-electron chi connectivity index (χ1n) is 15.4. The van der Waals surface area contributed by atoms with Crippen LogP contribution in [0.1, 0.15) is 27.8 Å². The molecule has 8 rings (SSSR count). The molecule has 1 heterocycles. The van der Waals surface area contributed by atoms with Gasteiger partial charge in [-0.25, -0.2) is 4.98 Å². The lowest BCUT2D eigenvalue weighted by Crippen LogP contribution is -2.29. The van der Waals surface area contributed by atoms with Gasteiger partial charge < -0.3 is 10.0 Å². The molecular formula is C42H32N2O. The van der Waals surface area contributed by atoms with E-state index < -0.39 is 5.60 Å². The van der Waals surface area contributed by atoms with E-state index in [0.29, 0.717) is 0 Å². The minimum atomic E-state index is -1.45. The fourth-order valence-corrected chi connectivity index (χ4v) is 6.98. The number of aliphatic hydroxyl groups is 1. The first kappa shape index (κ1) is 27.1. The summed E-state index contributed by atoms with van der Waals surface area (Å²) in [5.41, 5.74) is 11.2. The van der Waals surface area contributed by atoms with Crippen LogP contribution < -0.4 is 4.90 Å². The molecule has 1 aromatic heterocycles. The van der Waals surface area contributed by atoms with Gasteiger partial charge in [0, 0.05) is 39.0 Å². The summed E-state index contributed by atoms with van der Waals surface area (Å²) in [6.45, 7) is 4.23. The van der Waals surface area contributed by atoms with Crippen molar-refractivity contribution in [1.82, 2.24) is 4.98 Å². The van der Waals surface area contributed by atoms with Gasteiger partial charge >= 0.3 is 0 Å². The number of hydrogen-bond donors (Lipinski definition) is 1. The first-order chi connectivity index (χ1) is 22.0. The highest BCUT2D eigenvalue weighted by Crippen LogP contribution is 2.57. The summed E-state index contributed by atoms with van der Waals surface area (Å²) >= 11 is 0. The molecule has 0 radical (unpaired) electrons.